The summed E-state index contributed by atoms with van der Waals surface area (Å²) in [5.74, 6) is 2.19. The van der Waals surface area contributed by atoms with Crippen molar-refractivity contribution in [3.8, 4) is 0 Å². The van der Waals surface area contributed by atoms with Gasteiger partial charge in [-0.1, -0.05) is 60.7 Å². The first-order chi connectivity index (χ1) is 17.6. The van der Waals surface area contributed by atoms with Crippen molar-refractivity contribution in [2.75, 3.05) is 6.61 Å². The molecule has 2 aromatic carbocycles. The second-order valence-corrected chi connectivity index (χ2v) is 11.5. The van der Waals surface area contributed by atoms with Gasteiger partial charge >= 0.3 is 0 Å². The molecule has 6 nitrogen and oxygen atoms in total. The number of hydrogen-bond acceptors (Lipinski definition) is 6. The first-order valence-corrected chi connectivity index (χ1v) is 13.5. The predicted molar refractivity (Wildman–Crippen MR) is 134 cm³/mol. The third kappa shape index (κ3) is 5.13. The average Bonchev–Trinajstić information content (AvgIpc) is 2.88. The lowest BCUT2D eigenvalue weighted by Gasteiger charge is -2.58. The van der Waals surface area contributed by atoms with Crippen LogP contribution in [0.5, 0.6) is 0 Å². The molecule has 5 fully saturated rings. The average molecular weight is 495 g/mol. The summed E-state index contributed by atoms with van der Waals surface area (Å²) >= 11 is 0. The van der Waals surface area contributed by atoms with Gasteiger partial charge in [0.1, 0.15) is 24.4 Å². The monoisotopic (exact) mass is 494 g/mol. The molecule has 5 atom stereocenters. The molecule has 0 radical (unpaired) electrons. The molecule has 1 aliphatic heterocycles. The summed E-state index contributed by atoms with van der Waals surface area (Å²) in [7, 11) is 0. The molecule has 1 heterocycles. The van der Waals surface area contributed by atoms with Gasteiger partial charge in [0.05, 0.1) is 25.4 Å². The predicted octanol–water partition coefficient (Wildman–Crippen LogP) is 4.22. The van der Waals surface area contributed by atoms with Crippen LogP contribution < -0.4 is 0 Å². The molecule has 6 heteroatoms. The molecule has 0 amide bonds. The summed E-state index contributed by atoms with van der Waals surface area (Å²) in [6.07, 6.45) is 3.29. The third-order valence-corrected chi connectivity index (χ3v) is 8.72. The first kappa shape index (κ1) is 24.5. The maximum absolute atomic E-state index is 11.2. The zero-order valence-corrected chi connectivity index (χ0v) is 20.8. The maximum Gasteiger partial charge on any atom is 0.187 e. The van der Waals surface area contributed by atoms with Gasteiger partial charge in [-0.25, -0.2) is 0 Å². The number of hydrogen-bond donors (Lipinski definition) is 2. The van der Waals surface area contributed by atoms with Crippen molar-refractivity contribution in [2.45, 2.75) is 88.0 Å². The van der Waals surface area contributed by atoms with E-state index in [1.54, 1.807) is 0 Å². The van der Waals surface area contributed by atoms with E-state index in [2.05, 4.69) is 0 Å². The largest absolute Gasteiger partial charge is 0.394 e. The van der Waals surface area contributed by atoms with Gasteiger partial charge in [0.15, 0.2) is 6.29 Å². The van der Waals surface area contributed by atoms with Crippen molar-refractivity contribution >= 4 is 0 Å². The second kappa shape index (κ2) is 10.5. The van der Waals surface area contributed by atoms with Gasteiger partial charge in [-0.3, -0.25) is 0 Å². The van der Waals surface area contributed by atoms with Crippen LogP contribution in [0.1, 0.15) is 49.7 Å². The Morgan fingerprint density at radius 2 is 1.25 bits per heavy atom. The van der Waals surface area contributed by atoms with E-state index in [1.165, 1.54) is 19.3 Å². The van der Waals surface area contributed by atoms with Crippen LogP contribution in [0.4, 0.5) is 0 Å². The Hall–Kier alpha value is -1.80. The van der Waals surface area contributed by atoms with Crippen LogP contribution in [0.25, 0.3) is 0 Å². The summed E-state index contributed by atoms with van der Waals surface area (Å²) in [6.45, 7) is 0.381. The van der Waals surface area contributed by atoms with Gasteiger partial charge in [-0.2, -0.15) is 0 Å². The number of rotatable bonds is 9. The summed E-state index contributed by atoms with van der Waals surface area (Å²) < 4.78 is 25.9. The van der Waals surface area contributed by atoms with E-state index >= 15 is 0 Å². The van der Waals surface area contributed by atoms with Gasteiger partial charge in [0.25, 0.3) is 0 Å². The lowest BCUT2D eigenvalue weighted by Crippen LogP contribution is -2.63. The molecule has 5 aliphatic rings. The molecule has 1 saturated heterocycles. The van der Waals surface area contributed by atoms with Gasteiger partial charge in [-0.15, -0.1) is 0 Å². The van der Waals surface area contributed by atoms with Crippen molar-refractivity contribution in [2.24, 2.45) is 17.8 Å². The highest BCUT2D eigenvalue weighted by atomic mass is 16.7. The van der Waals surface area contributed by atoms with Crippen LogP contribution in [0.3, 0.4) is 0 Å². The van der Waals surface area contributed by atoms with E-state index in [1.807, 2.05) is 60.7 Å². The fourth-order valence-electron chi connectivity index (χ4n) is 7.46. The van der Waals surface area contributed by atoms with E-state index in [4.69, 9.17) is 18.9 Å². The minimum Gasteiger partial charge on any atom is -0.394 e. The number of aliphatic hydroxyl groups is 2. The maximum atomic E-state index is 11.2. The topological polar surface area (TPSA) is 77.4 Å². The van der Waals surface area contributed by atoms with Crippen molar-refractivity contribution in [3.63, 3.8) is 0 Å². The fraction of sp³-hybridized carbons (Fsp3) is 0.600. The standard InChI is InChI=1S/C30H38O6/c31-17-25-26(32)27(33-18-20-7-3-1-4-8-20)28(34-19-21-9-5-2-6-10-21)29(35-25)36-30-14-22-11-23(15-30)13-24(12-22)16-30/h1-10,22-29,31-32H,11-19H2/t22?,23?,24?,25?,26-,27-,28?,29-,30?/m0/s1. The lowest BCUT2D eigenvalue weighted by atomic mass is 9.54. The molecular weight excluding hydrogens is 456 g/mol. The molecule has 2 unspecified atom stereocenters. The van der Waals surface area contributed by atoms with E-state index in [9.17, 15) is 10.2 Å². The van der Waals surface area contributed by atoms with Crippen LogP contribution in [0.15, 0.2) is 60.7 Å². The summed E-state index contributed by atoms with van der Waals surface area (Å²) in [5.41, 5.74) is 1.84. The molecular formula is C30H38O6. The molecule has 36 heavy (non-hydrogen) atoms. The Bertz CT molecular complexity index is 946. The quantitative estimate of drug-likeness (QED) is 0.544. The van der Waals surface area contributed by atoms with Crippen LogP contribution in [0.2, 0.25) is 0 Å². The lowest BCUT2D eigenvalue weighted by molar-refractivity contribution is -0.354. The molecule has 0 spiro atoms. The highest BCUT2D eigenvalue weighted by Gasteiger charge is 2.56. The normalized spacial score (nSPS) is 39.4. The number of aliphatic hydroxyl groups excluding tert-OH is 2. The zero-order valence-electron chi connectivity index (χ0n) is 20.8. The zero-order chi connectivity index (χ0) is 24.5. The first-order valence-electron chi connectivity index (χ1n) is 13.5. The van der Waals surface area contributed by atoms with E-state index in [0.29, 0.717) is 13.2 Å². The van der Waals surface area contributed by atoms with E-state index in [-0.39, 0.29) is 12.2 Å². The smallest absolute Gasteiger partial charge is 0.187 e. The Balaban J connectivity index is 1.25. The summed E-state index contributed by atoms with van der Waals surface area (Å²) in [4.78, 5) is 0. The van der Waals surface area contributed by atoms with Gasteiger partial charge < -0.3 is 29.2 Å². The highest BCUT2D eigenvalue weighted by Crippen LogP contribution is 2.57. The third-order valence-electron chi connectivity index (χ3n) is 8.72. The van der Waals surface area contributed by atoms with Crippen molar-refractivity contribution in [3.05, 3.63) is 71.8 Å². The number of ether oxygens (including phenoxy) is 4. The van der Waals surface area contributed by atoms with E-state index < -0.39 is 30.7 Å². The van der Waals surface area contributed by atoms with Crippen LogP contribution in [-0.4, -0.2) is 53.1 Å². The minimum absolute atomic E-state index is 0.208. The van der Waals surface area contributed by atoms with Crippen molar-refractivity contribution < 1.29 is 29.2 Å². The second-order valence-electron chi connectivity index (χ2n) is 11.5. The van der Waals surface area contributed by atoms with Gasteiger partial charge in [0.2, 0.25) is 0 Å². The van der Waals surface area contributed by atoms with Crippen LogP contribution in [0, 0.1) is 17.8 Å². The summed E-state index contributed by atoms with van der Waals surface area (Å²) in [5, 5.41) is 21.2. The van der Waals surface area contributed by atoms with Crippen molar-refractivity contribution in [1.29, 1.82) is 0 Å². The molecule has 2 N–H and O–H groups in total. The minimum atomic E-state index is -1.03. The van der Waals surface area contributed by atoms with E-state index in [0.717, 1.165) is 48.1 Å². The summed E-state index contributed by atoms with van der Waals surface area (Å²) in [6, 6.07) is 19.9. The number of benzene rings is 2. The van der Waals surface area contributed by atoms with Crippen LogP contribution >= 0.6 is 0 Å². The van der Waals surface area contributed by atoms with Crippen LogP contribution in [-0.2, 0) is 32.2 Å². The van der Waals surface area contributed by atoms with Crippen molar-refractivity contribution in [1.82, 2.24) is 0 Å². The van der Waals surface area contributed by atoms with Gasteiger partial charge in [-0.05, 0) is 67.4 Å². The molecule has 194 valence electrons. The highest BCUT2D eigenvalue weighted by molar-refractivity contribution is 5.15. The molecule has 7 rings (SSSR count). The Morgan fingerprint density at radius 1 is 0.750 bits per heavy atom. The molecule has 4 bridgehead atoms. The Kier molecular flexibility index (Phi) is 7.17. The van der Waals surface area contributed by atoms with Gasteiger partial charge in [0, 0.05) is 0 Å². The Labute approximate surface area is 213 Å². The molecule has 4 aliphatic carbocycles. The fourth-order valence-corrected chi connectivity index (χ4v) is 7.46. The SMILES string of the molecule is OCC1O[C@@H](OC23CC4CC(CC(C4)C2)C3)C(OCc2ccccc2)[C@@H](OCc2ccccc2)[C@H]1O. The Morgan fingerprint density at radius 3 is 1.75 bits per heavy atom. The molecule has 2 aromatic rings. The molecule has 0 aromatic heterocycles. The molecule has 4 saturated carbocycles.